The topological polar surface area (TPSA) is 41.1 Å². The van der Waals surface area contributed by atoms with E-state index in [1.54, 1.807) is 6.92 Å². The number of aryl methyl sites for hydroxylation is 1. The number of hydrogen-bond acceptors (Lipinski definition) is 2. The van der Waals surface area contributed by atoms with E-state index in [9.17, 15) is 13.6 Å². The summed E-state index contributed by atoms with van der Waals surface area (Å²) in [6.45, 7) is 5.79. The Balaban J connectivity index is 2.55. The van der Waals surface area contributed by atoms with E-state index < -0.39 is 17.7 Å². The Hall–Kier alpha value is -1.65. The van der Waals surface area contributed by atoms with Crippen LogP contribution in [0.3, 0.4) is 0 Å². The highest BCUT2D eigenvalue weighted by atomic mass is 19.1. The molecule has 1 rings (SSSR count). The fourth-order valence-electron chi connectivity index (χ4n) is 1.80. The van der Waals surface area contributed by atoms with Gasteiger partial charge in [0, 0.05) is 12.6 Å². The molecule has 1 aromatic rings. The van der Waals surface area contributed by atoms with Crippen molar-refractivity contribution in [1.29, 1.82) is 0 Å². The van der Waals surface area contributed by atoms with Gasteiger partial charge in [0.25, 0.3) is 0 Å². The SMILES string of the molecule is CCCCCNC(=O)C(C)Nc1cc(F)c(C)cc1F. The van der Waals surface area contributed by atoms with Crippen LogP contribution in [0.1, 0.15) is 38.7 Å². The molecule has 5 heteroatoms. The molecule has 3 nitrogen and oxygen atoms in total. The van der Waals surface area contributed by atoms with Crippen molar-refractivity contribution in [1.82, 2.24) is 5.32 Å². The van der Waals surface area contributed by atoms with Crippen molar-refractivity contribution in [3.05, 3.63) is 29.3 Å². The fourth-order valence-corrected chi connectivity index (χ4v) is 1.80. The summed E-state index contributed by atoms with van der Waals surface area (Å²) in [6.07, 6.45) is 3.06. The Morgan fingerprint density at radius 2 is 1.95 bits per heavy atom. The molecule has 0 saturated heterocycles. The number of amides is 1. The number of benzene rings is 1. The van der Waals surface area contributed by atoms with Crippen LogP contribution in [0.15, 0.2) is 12.1 Å². The third kappa shape index (κ3) is 4.79. The quantitative estimate of drug-likeness (QED) is 0.754. The average molecular weight is 284 g/mol. The fraction of sp³-hybridized carbons (Fsp3) is 0.533. The third-order valence-electron chi connectivity index (χ3n) is 3.09. The number of anilines is 1. The van der Waals surface area contributed by atoms with Crippen LogP contribution >= 0.6 is 0 Å². The van der Waals surface area contributed by atoms with E-state index >= 15 is 0 Å². The highest BCUT2D eigenvalue weighted by Gasteiger charge is 2.15. The first kappa shape index (κ1) is 16.4. The summed E-state index contributed by atoms with van der Waals surface area (Å²) in [6, 6.07) is 1.57. The van der Waals surface area contributed by atoms with Gasteiger partial charge < -0.3 is 10.6 Å². The lowest BCUT2D eigenvalue weighted by atomic mass is 10.2. The van der Waals surface area contributed by atoms with Crippen LogP contribution in [0.2, 0.25) is 0 Å². The molecule has 0 radical (unpaired) electrons. The van der Waals surface area contributed by atoms with E-state index in [0.29, 0.717) is 6.54 Å². The zero-order chi connectivity index (χ0) is 15.1. The van der Waals surface area contributed by atoms with Gasteiger partial charge in [0.1, 0.15) is 17.7 Å². The number of hydrogen-bond donors (Lipinski definition) is 2. The normalized spacial score (nSPS) is 12.1. The minimum atomic E-state index is -0.617. The van der Waals surface area contributed by atoms with Crippen molar-refractivity contribution in [2.45, 2.75) is 46.1 Å². The zero-order valence-corrected chi connectivity index (χ0v) is 12.2. The molecule has 0 aliphatic carbocycles. The van der Waals surface area contributed by atoms with Gasteiger partial charge in [-0.05, 0) is 31.9 Å². The molecule has 20 heavy (non-hydrogen) atoms. The molecule has 0 aromatic heterocycles. The molecule has 0 aliphatic rings. The maximum absolute atomic E-state index is 13.6. The van der Waals surface area contributed by atoms with Gasteiger partial charge in [-0.25, -0.2) is 8.78 Å². The lowest BCUT2D eigenvalue weighted by molar-refractivity contribution is -0.121. The van der Waals surface area contributed by atoms with Crippen molar-refractivity contribution < 1.29 is 13.6 Å². The molecule has 2 N–H and O–H groups in total. The predicted molar refractivity (Wildman–Crippen MR) is 76.7 cm³/mol. The molecule has 0 aliphatic heterocycles. The smallest absolute Gasteiger partial charge is 0.242 e. The third-order valence-corrected chi connectivity index (χ3v) is 3.09. The van der Waals surface area contributed by atoms with Crippen molar-refractivity contribution in [2.24, 2.45) is 0 Å². The molecule has 112 valence electrons. The summed E-state index contributed by atoms with van der Waals surface area (Å²) >= 11 is 0. The Labute approximate surface area is 118 Å². The summed E-state index contributed by atoms with van der Waals surface area (Å²) in [5.41, 5.74) is 0.244. The first-order valence-corrected chi connectivity index (χ1v) is 6.95. The zero-order valence-electron chi connectivity index (χ0n) is 12.2. The lowest BCUT2D eigenvalue weighted by Crippen LogP contribution is -2.38. The van der Waals surface area contributed by atoms with Gasteiger partial charge in [-0.2, -0.15) is 0 Å². The number of carbonyl (C=O) groups excluding carboxylic acids is 1. The van der Waals surface area contributed by atoms with Crippen LogP contribution in [0.5, 0.6) is 0 Å². The molecule has 0 saturated carbocycles. The Kier molecular flexibility index (Phi) is 6.42. The molecular formula is C15H22F2N2O. The number of nitrogens with one attached hydrogen (secondary N) is 2. The second-order valence-electron chi connectivity index (χ2n) is 4.95. The van der Waals surface area contributed by atoms with Crippen LogP contribution in [0.4, 0.5) is 14.5 Å². The van der Waals surface area contributed by atoms with Crippen LogP contribution < -0.4 is 10.6 Å². The van der Waals surface area contributed by atoms with Gasteiger partial charge in [-0.1, -0.05) is 19.8 Å². The molecule has 1 amide bonds. The Bertz CT molecular complexity index is 463. The second-order valence-corrected chi connectivity index (χ2v) is 4.95. The number of unbranched alkanes of at least 4 members (excludes halogenated alkanes) is 2. The van der Waals surface area contributed by atoms with Gasteiger partial charge in [0.15, 0.2) is 0 Å². The lowest BCUT2D eigenvalue weighted by Gasteiger charge is -2.16. The first-order chi connectivity index (χ1) is 9.45. The molecule has 0 spiro atoms. The average Bonchev–Trinajstić information content (AvgIpc) is 2.40. The summed E-state index contributed by atoms with van der Waals surface area (Å²) in [5.74, 6) is -1.28. The number of carbonyl (C=O) groups is 1. The van der Waals surface area contributed by atoms with E-state index in [4.69, 9.17) is 0 Å². The van der Waals surface area contributed by atoms with Crippen molar-refractivity contribution in [3.63, 3.8) is 0 Å². The molecular weight excluding hydrogens is 262 g/mol. The number of halogens is 2. The summed E-state index contributed by atoms with van der Waals surface area (Å²) in [5, 5.41) is 5.46. The van der Waals surface area contributed by atoms with Gasteiger partial charge in [0.2, 0.25) is 5.91 Å². The monoisotopic (exact) mass is 284 g/mol. The van der Waals surface area contributed by atoms with E-state index in [-0.39, 0.29) is 17.2 Å². The van der Waals surface area contributed by atoms with Crippen molar-refractivity contribution in [2.75, 3.05) is 11.9 Å². The van der Waals surface area contributed by atoms with Gasteiger partial charge in [0.05, 0.1) is 5.69 Å². The Morgan fingerprint density at radius 3 is 2.60 bits per heavy atom. The molecule has 1 atom stereocenters. The summed E-state index contributed by atoms with van der Waals surface area (Å²) in [7, 11) is 0. The minimum Gasteiger partial charge on any atom is -0.371 e. The van der Waals surface area contributed by atoms with Crippen molar-refractivity contribution >= 4 is 11.6 Å². The highest BCUT2D eigenvalue weighted by molar-refractivity contribution is 5.84. The van der Waals surface area contributed by atoms with Gasteiger partial charge in [-0.3, -0.25) is 4.79 Å². The second kappa shape index (κ2) is 7.82. The molecule has 0 bridgehead atoms. The predicted octanol–water partition coefficient (Wildman–Crippen LogP) is 3.38. The van der Waals surface area contributed by atoms with E-state index in [1.807, 2.05) is 0 Å². The maximum atomic E-state index is 13.6. The van der Waals surface area contributed by atoms with Crippen LogP contribution in [-0.4, -0.2) is 18.5 Å². The van der Waals surface area contributed by atoms with E-state index in [0.717, 1.165) is 31.4 Å². The summed E-state index contributed by atoms with van der Waals surface area (Å²) < 4.78 is 27.0. The standard InChI is InChI=1S/C15H22F2N2O/c1-4-5-6-7-18-15(20)11(3)19-14-9-12(16)10(2)8-13(14)17/h8-9,11,19H,4-7H2,1-3H3,(H,18,20). The summed E-state index contributed by atoms with van der Waals surface area (Å²) in [4.78, 5) is 11.8. The Morgan fingerprint density at radius 1 is 1.25 bits per heavy atom. The van der Waals surface area contributed by atoms with Crippen LogP contribution in [0, 0.1) is 18.6 Å². The van der Waals surface area contributed by atoms with Crippen LogP contribution in [-0.2, 0) is 4.79 Å². The number of rotatable bonds is 7. The van der Waals surface area contributed by atoms with Crippen molar-refractivity contribution in [3.8, 4) is 0 Å². The molecule has 1 aromatic carbocycles. The molecule has 0 heterocycles. The minimum absolute atomic E-state index is 0.00399. The highest BCUT2D eigenvalue weighted by Crippen LogP contribution is 2.19. The first-order valence-electron chi connectivity index (χ1n) is 6.95. The molecule has 0 fully saturated rings. The van der Waals surface area contributed by atoms with Gasteiger partial charge in [-0.15, -0.1) is 0 Å². The van der Waals surface area contributed by atoms with Crippen LogP contribution in [0.25, 0.3) is 0 Å². The van der Waals surface area contributed by atoms with Gasteiger partial charge >= 0.3 is 0 Å². The maximum Gasteiger partial charge on any atom is 0.242 e. The molecule has 1 unspecified atom stereocenters. The van der Waals surface area contributed by atoms with E-state index in [2.05, 4.69) is 17.6 Å². The largest absolute Gasteiger partial charge is 0.371 e. The van der Waals surface area contributed by atoms with E-state index in [1.165, 1.54) is 6.92 Å².